The summed E-state index contributed by atoms with van der Waals surface area (Å²) in [7, 11) is 1.55. The number of hydrogen-bond acceptors (Lipinski definition) is 4. The van der Waals surface area contributed by atoms with Crippen LogP contribution in [-0.4, -0.2) is 36.4 Å². The van der Waals surface area contributed by atoms with Crippen LogP contribution in [0, 0.1) is 0 Å². The van der Waals surface area contributed by atoms with Crippen molar-refractivity contribution >= 4 is 29.4 Å². The molecule has 1 heterocycles. The third kappa shape index (κ3) is 4.61. The highest BCUT2D eigenvalue weighted by molar-refractivity contribution is 6.30. The molecule has 34 heavy (non-hydrogen) atoms. The van der Waals surface area contributed by atoms with Gasteiger partial charge in [-0.1, -0.05) is 66.2 Å². The lowest BCUT2D eigenvalue weighted by molar-refractivity contribution is -0.135. The summed E-state index contributed by atoms with van der Waals surface area (Å²) < 4.78 is 5.16. The van der Waals surface area contributed by atoms with Crippen LogP contribution in [0.15, 0.2) is 78.9 Å². The summed E-state index contributed by atoms with van der Waals surface area (Å²) in [5, 5.41) is 6.24. The van der Waals surface area contributed by atoms with Crippen LogP contribution >= 0.6 is 11.6 Å². The Balaban J connectivity index is 1.53. The minimum atomic E-state index is -1.28. The number of nitrogens with one attached hydrogen (secondary N) is 2. The summed E-state index contributed by atoms with van der Waals surface area (Å²) in [4.78, 5) is 39.8. The van der Waals surface area contributed by atoms with E-state index in [2.05, 4.69) is 10.6 Å². The van der Waals surface area contributed by atoms with Crippen LogP contribution in [0.2, 0.25) is 5.02 Å². The molecule has 0 spiro atoms. The molecular weight excluding hydrogens is 454 g/mol. The molecule has 0 saturated carbocycles. The zero-order valence-electron chi connectivity index (χ0n) is 18.7. The Morgan fingerprint density at radius 3 is 2.24 bits per heavy atom. The van der Waals surface area contributed by atoms with Gasteiger partial charge >= 0.3 is 6.03 Å². The number of benzene rings is 3. The highest BCUT2D eigenvalue weighted by atomic mass is 35.5. The first-order chi connectivity index (χ1) is 16.3. The van der Waals surface area contributed by atoms with Gasteiger partial charge in [-0.2, -0.15) is 0 Å². The number of rotatable bonds is 7. The molecular formula is C26H24ClN3O4. The Kier molecular flexibility index (Phi) is 6.56. The van der Waals surface area contributed by atoms with Crippen LogP contribution < -0.4 is 15.4 Å². The van der Waals surface area contributed by atoms with Gasteiger partial charge < -0.3 is 15.4 Å². The smallest absolute Gasteiger partial charge is 0.325 e. The first-order valence-electron chi connectivity index (χ1n) is 10.7. The number of nitrogens with zero attached hydrogens (tertiary/aromatic N) is 1. The number of hydrogen-bond donors (Lipinski definition) is 2. The second-order valence-corrected chi connectivity index (χ2v) is 8.57. The van der Waals surface area contributed by atoms with Crippen molar-refractivity contribution in [1.82, 2.24) is 15.5 Å². The van der Waals surface area contributed by atoms with E-state index in [1.165, 1.54) is 0 Å². The Bertz CT molecular complexity index is 1200. The topological polar surface area (TPSA) is 87.7 Å². The second kappa shape index (κ2) is 9.57. The fraction of sp³-hybridized carbons (Fsp3) is 0.192. The average Bonchev–Trinajstić information content (AvgIpc) is 3.07. The van der Waals surface area contributed by atoms with Crippen molar-refractivity contribution in [3.8, 4) is 5.75 Å². The summed E-state index contributed by atoms with van der Waals surface area (Å²) >= 11 is 6.02. The van der Waals surface area contributed by atoms with Crippen LogP contribution in [-0.2, 0) is 15.1 Å². The van der Waals surface area contributed by atoms with Crippen molar-refractivity contribution in [1.29, 1.82) is 0 Å². The van der Waals surface area contributed by atoms with Gasteiger partial charge in [0.2, 0.25) is 5.91 Å². The summed E-state index contributed by atoms with van der Waals surface area (Å²) in [6.45, 7) is 1.21. The zero-order valence-corrected chi connectivity index (χ0v) is 19.5. The van der Waals surface area contributed by atoms with E-state index in [1.807, 2.05) is 42.5 Å². The SMILES string of the molecule is COc1ccc(C2(C)NC(=O)N(CC(=O)NC(c3ccccc3)c3ccc(Cl)cc3)C2=O)cc1. The molecule has 1 fully saturated rings. The van der Waals surface area contributed by atoms with Gasteiger partial charge in [-0.15, -0.1) is 0 Å². The molecule has 8 heteroatoms. The molecule has 7 nitrogen and oxygen atoms in total. The summed E-state index contributed by atoms with van der Waals surface area (Å²) in [6, 6.07) is 22.3. The van der Waals surface area contributed by atoms with Crippen molar-refractivity contribution < 1.29 is 19.1 Å². The molecule has 0 bridgehead atoms. The second-order valence-electron chi connectivity index (χ2n) is 8.14. The molecule has 2 unspecified atom stereocenters. The molecule has 1 aliphatic heterocycles. The van der Waals surface area contributed by atoms with Crippen LogP contribution in [0.5, 0.6) is 5.75 Å². The molecule has 0 aliphatic carbocycles. The van der Waals surface area contributed by atoms with Crippen molar-refractivity contribution in [2.75, 3.05) is 13.7 Å². The van der Waals surface area contributed by atoms with Crippen LogP contribution in [0.4, 0.5) is 4.79 Å². The van der Waals surface area contributed by atoms with E-state index in [9.17, 15) is 14.4 Å². The molecule has 3 aromatic rings. The fourth-order valence-electron chi connectivity index (χ4n) is 3.97. The minimum Gasteiger partial charge on any atom is -0.497 e. The normalized spacial score (nSPS) is 18.4. The predicted octanol–water partition coefficient (Wildman–Crippen LogP) is 4.02. The number of ether oxygens (including phenoxy) is 1. The van der Waals surface area contributed by atoms with E-state index in [4.69, 9.17) is 16.3 Å². The minimum absolute atomic E-state index is 0.409. The van der Waals surface area contributed by atoms with Crippen molar-refractivity contribution in [3.05, 3.63) is 101 Å². The third-order valence-electron chi connectivity index (χ3n) is 5.89. The quantitative estimate of drug-likeness (QED) is 0.503. The van der Waals surface area contributed by atoms with Crippen LogP contribution in [0.25, 0.3) is 0 Å². The van der Waals surface area contributed by atoms with Gasteiger partial charge in [0.05, 0.1) is 13.2 Å². The van der Waals surface area contributed by atoms with Crippen molar-refractivity contribution in [3.63, 3.8) is 0 Å². The Hall–Kier alpha value is -3.84. The lowest BCUT2D eigenvalue weighted by Gasteiger charge is -2.23. The van der Waals surface area contributed by atoms with Gasteiger partial charge in [0, 0.05) is 5.02 Å². The molecule has 1 saturated heterocycles. The number of amides is 4. The third-order valence-corrected chi connectivity index (χ3v) is 6.14. The molecule has 1 aliphatic rings. The van der Waals surface area contributed by atoms with Gasteiger partial charge in [-0.05, 0) is 47.9 Å². The standard InChI is InChI=1S/C26H24ClN3O4/c1-26(19-10-14-21(34-2)15-11-19)24(32)30(25(33)29-26)16-22(31)28-23(17-6-4-3-5-7-17)18-8-12-20(27)13-9-18/h3-15,23H,16H2,1-2H3,(H,28,31)(H,29,33). The maximum Gasteiger partial charge on any atom is 0.325 e. The van der Waals surface area contributed by atoms with E-state index in [0.29, 0.717) is 16.3 Å². The van der Waals surface area contributed by atoms with Crippen LogP contribution in [0.3, 0.4) is 0 Å². The van der Waals surface area contributed by atoms with Crippen molar-refractivity contribution in [2.24, 2.45) is 0 Å². The Labute approximate surface area is 202 Å². The largest absolute Gasteiger partial charge is 0.497 e. The Morgan fingerprint density at radius 1 is 1.00 bits per heavy atom. The fourth-order valence-corrected chi connectivity index (χ4v) is 4.10. The van der Waals surface area contributed by atoms with Gasteiger partial charge in [0.15, 0.2) is 0 Å². The molecule has 0 radical (unpaired) electrons. The number of carbonyl (C=O) groups excluding carboxylic acids is 3. The van der Waals surface area contributed by atoms with Gasteiger partial charge in [0.1, 0.15) is 17.8 Å². The average molecular weight is 478 g/mol. The van der Waals surface area contributed by atoms with Gasteiger partial charge in [-0.25, -0.2) is 4.79 Å². The summed E-state index contributed by atoms with van der Waals surface area (Å²) in [6.07, 6.45) is 0. The highest BCUT2D eigenvalue weighted by Crippen LogP contribution is 2.30. The summed E-state index contributed by atoms with van der Waals surface area (Å²) in [5.74, 6) is -0.332. The van der Waals surface area contributed by atoms with E-state index in [-0.39, 0.29) is 0 Å². The molecule has 2 N–H and O–H groups in total. The summed E-state index contributed by atoms with van der Waals surface area (Å²) in [5.41, 5.74) is 0.999. The zero-order chi connectivity index (χ0) is 24.3. The first-order valence-corrected chi connectivity index (χ1v) is 11.1. The Morgan fingerprint density at radius 2 is 1.62 bits per heavy atom. The van der Waals surface area contributed by atoms with E-state index >= 15 is 0 Å². The lowest BCUT2D eigenvalue weighted by atomic mass is 9.92. The first kappa shape index (κ1) is 23.3. The van der Waals surface area contributed by atoms with Gasteiger partial charge in [0.25, 0.3) is 5.91 Å². The number of urea groups is 1. The van der Waals surface area contributed by atoms with E-state index in [1.54, 1.807) is 50.4 Å². The molecule has 4 rings (SSSR count). The molecule has 2 atom stereocenters. The maximum atomic E-state index is 13.2. The molecule has 3 aromatic carbocycles. The highest BCUT2D eigenvalue weighted by Gasteiger charge is 2.49. The van der Waals surface area contributed by atoms with E-state index in [0.717, 1.165) is 16.0 Å². The predicted molar refractivity (Wildman–Crippen MR) is 128 cm³/mol. The van der Waals surface area contributed by atoms with Crippen LogP contribution in [0.1, 0.15) is 29.7 Å². The van der Waals surface area contributed by atoms with Crippen molar-refractivity contribution in [2.45, 2.75) is 18.5 Å². The lowest BCUT2D eigenvalue weighted by Crippen LogP contribution is -2.44. The number of imide groups is 1. The van der Waals surface area contributed by atoms with Gasteiger partial charge in [-0.3, -0.25) is 14.5 Å². The van der Waals surface area contributed by atoms with E-state index < -0.39 is 36.0 Å². The number of halogens is 1. The monoisotopic (exact) mass is 477 g/mol. The number of carbonyl (C=O) groups is 3. The molecule has 174 valence electrons. The number of methoxy groups -OCH3 is 1. The molecule has 4 amide bonds. The maximum absolute atomic E-state index is 13.2. The molecule has 0 aromatic heterocycles.